The van der Waals surface area contributed by atoms with Crippen LogP contribution in [-0.2, 0) is 6.54 Å². The molecule has 4 nitrogen and oxygen atoms in total. The molecule has 0 aromatic heterocycles. The normalized spacial score (nSPS) is 29.4. The number of nitrogens with two attached hydrogens (primary N) is 1. The van der Waals surface area contributed by atoms with Gasteiger partial charge in [0.15, 0.2) is 0 Å². The fourth-order valence-corrected chi connectivity index (χ4v) is 2.55. The van der Waals surface area contributed by atoms with Crippen LogP contribution in [0.4, 0.5) is 0 Å². The molecule has 1 aromatic carbocycles. The zero-order valence-corrected chi connectivity index (χ0v) is 10.6. The minimum atomic E-state index is -0.551. The van der Waals surface area contributed by atoms with E-state index < -0.39 is 11.5 Å². The van der Waals surface area contributed by atoms with Crippen LogP contribution in [0.25, 0.3) is 0 Å². The number of aliphatic hydroxyl groups excluding tert-OH is 2. The summed E-state index contributed by atoms with van der Waals surface area (Å²) >= 11 is 0. The molecule has 1 aliphatic heterocycles. The van der Waals surface area contributed by atoms with Gasteiger partial charge in [0.05, 0.1) is 12.7 Å². The Morgan fingerprint density at radius 1 is 1.33 bits per heavy atom. The van der Waals surface area contributed by atoms with Crippen LogP contribution in [0.5, 0.6) is 0 Å². The maximum Gasteiger partial charge on any atom is 0.0757 e. The van der Waals surface area contributed by atoms with Crippen molar-refractivity contribution in [3.05, 3.63) is 35.9 Å². The topological polar surface area (TPSA) is 69.7 Å². The van der Waals surface area contributed by atoms with Crippen LogP contribution >= 0.6 is 0 Å². The van der Waals surface area contributed by atoms with E-state index in [2.05, 4.69) is 17.0 Å². The fourth-order valence-electron chi connectivity index (χ4n) is 2.55. The summed E-state index contributed by atoms with van der Waals surface area (Å²) in [6.07, 6.45) is 0.193. The number of hydrogen-bond donors (Lipinski definition) is 3. The van der Waals surface area contributed by atoms with E-state index in [0.717, 1.165) is 19.5 Å². The number of hydrogen-bond acceptors (Lipinski definition) is 4. The van der Waals surface area contributed by atoms with Crippen LogP contribution in [0.2, 0.25) is 0 Å². The van der Waals surface area contributed by atoms with Gasteiger partial charge < -0.3 is 15.9 Å². The van der Waals surface area contributed by atoms with Gasteiger partial charge in [-0.25, -0.2) is 0 Å². The first-order valence-electron chi connectivity index (χ1n) is 6.45. The van der Waals surface area contributed by atoms with Gasteiger partial charge >= 0.3 is 0 Å². The summed E-state index contributed by atoms with van der Waals surface area (Å²) in [6.45, 7) is 2.58. The SMILES string of the molecule is NCC1(CO)CCN(Cc2ccccc2)CC1O. The van der Waals surface area contributed by atoms with Gasteiger partial charge in [-0.1, -0.05) is 30.3 Å². The second-order valence-corrected chi connectivity index (χ2v) is 5.21. The first-order chi connectivity index (χ1) is 8.70. The number of piperidine rings is 1. The van der Waals surface area contributed by atoms with Gasteiger partial charge in [-0.3, -0.25) is 4.90 Å². The highest BCUT2D eigenvalue weighted by Gasteiger charge is 2.40. The molecule has 1 aliphatic rings. The van der Waals surface area contributed by atoms with Crippen LogP contribution < -0.4 is 5.73 Å². The molecule has 0 aliphatic carbocycles. The van der Waals surface area contributed by atoms with Crippen LogP contribution in [0.1, 0.15) is 12.0 Å². The van der Waals surface area contributed by atoms with Crippen molar-refractivity contribution in [3.8, 4) is 0 Å². The Morgan fingerprint density at radius 3 is 2.61 bits per heavy atom. The zero-order chi connectivity index (χ0) is 13.0. The second kappa shape index (κ2) is 5.80. The third kappa shape index (κ3) is 2.72. The van der Waals surface area contributed by atoms with Crippen LogP contribution in [0.15, 0.2) is 30.3 Å². The van der Waals surface area contributed by atoms with Gasteiger partial charge in [0.1, 0.15) is 0 Å². The maximum absolute atomic E-state index is 10.2. The highest BCUT2D eigenvalue weighted by molar-refractivity contribution is 5.14. The molecule has 4 N–H and O–H groups in total. The molecule has 1 heterocycles. The van der Waals surface area contributed by atoms with Gasteiger partial charge in [0, 0.05) is 25.0 Å². The Kier molecular flexibility index (Phi) is 4.35. The number of rotatable bonds is 4. The quantitative estimate of drug-likeness (QED) is 0.713. The first kappa shape index (κ1) is 13.5. The lowest BCUT2D eigenvalue weighted by molar-refractivity contribution is -0.0699. The van der Waals surface area contributed by atoms with Crippen molar-refractivity contribution in [1.82, 2.24) is 4.90 Å². The zero-order valence-electron chi connectivity index (χ0n) is 10.6. The largest absolute Gasteiger partial charge is 0.396 e. The van der Waals surface area contributed by atoms with Crippen molar-refractivity contribution in [2.75, 3.05) is 26.2 Å². The summed E-state index contributed by atoms with van der Waals surface area (Å²) in [5.74, 6) is 0. The molecule has 18 heavy (non-hydrogen) atoms. The number of nitrogens with zero attached hydrogens (tertiary/aromatic N) is 1. The summed E-state index contributed by atoms with van der Waals surface area (Å²) in [5, 5.41) is 19.6. The van der Waals surface area contributed by atoms with E-state index >= 15 is 0 Å². The Labute approximate surface area is 108 Å². The lowest BCUT2D eigenvalue weighted by Gasteiger charge is -2.44. The Hall–Kier alpha value is -0.940. The molecule has 2 rings (SSSR count). The highest BCUT2D eigenvalue weighted by Crippen LogP contribution is 2.30. The van der Waals surface area contributed by atoms with Crippen LogP contribution in [0.3, 0.4) is 0 Å². The van der Waals surface area contributed by atoms with E-state index in [1.807, 2.05) is 18.2 Å². The molecule has 0 spiro atoms. The Balaban J connectivity index is 1.96. The van der Waals surface area contributed by atoms with Crippen molar-refractivity contribution < 1.29 is 10.2 Å². The lowest BCUT2D eigenvalue weighted by atomic mass is 9.76. The van der Waals surface area contributed by atoms with E-state index in [1.54, 1.807) is 0 Å². The third-order valence-corrected chi connectivity index (χ3v) is 4.03. The smallest absolute Gasteiger partial charge is 0.0757 e. The summed E-state index contributed by atoms with van der Waals surface area (Å²) in [7, 11) is 0. The van der Waals surface area contributed by atoms with Crippen LogP contribution in [0, 0.1) is 5.41 Å². The highest BCUT2D eigenvalue weighted by atomic mass is 16.3. The molecule has 2 atom stereocenters. The standard InChI is InChI=1S/C14H22N2O2/c15-10-14(11-17)6-7-16(9-13(14)18)8-12-4-2-1-3-5-12/h1-5,13,17-18H,6-11,15H2. The average Bonchev–Trinajstić information content (AvgIpc) is 2.41. The van der Waals surface area contributed by atoms with Crippen molar-refractivity contribution in [1.29, 1.82) is 0 Å². The second-order valence-electron chi connectivity index (χ2n) is 5.21. The molecule has 0 amide bonds. The Morgan fingerprint density at radius 2 is 2.06 bits per heavy atom. The fraction of sp³-hybridized carbons (Fsp3) is 0.571. The minimum Gasteiger partial charge on any atom is -0.396 e. The lowest BCUT2D eigenvalue weighted by Crippen LogP contribution is -2.55. The predicted molar refractivity (Wildman–Crippen MR) is 70.9 cm³/mol. The summed E-state index contributed by atoms with van der Waals surface area (Å²) in [6, 6.07) is 10.2. The van der Waals surface area contributed by atoms with E-state index in [1.165, 1.54) is 5.56 Å². The third-order valence-electron chi connectivity index (χ3n) is 4.03. The Bertz CT molecular complexity index is 365. The number of β-amino-alcohol motifs (C(OH)–C–C–N with tert-alkyl or cyclic N) is 1. The first-order valence-corrected chi connectivity index (χ1v) is 6.45. The summed E-state index contributed by atoms with van der Waals surface area (Å²) < 4.78 is 0. The van der Waals surface area contributed by atoms with E-state index in [-0.39, 0.29) is 6.61 Å². The molecule has 1 aromatic rings. The number of likely N-dealkylation sites (tertiary alicyclic amines) is 1. The maximum atomic E-state index is 10.2. The molecule has 0 bridgehead atoms. The molecular formula is C14H22N2O2. The van der Waals surface area contributed by atoms with E-state index in [4.69, 9.17) is 5.73 Å². The number of aliphatic hydroxyl groups is 2. The molecule has 0 radical (unpaired) electrons. The molecule has 1 fully saturated rings. The van der Waals surface area contributed by atoms with Crippen molar-refractivity contribution >= 4 is 0 Å². The van der Waals surface area contributed by atoms with E-state index in [0.29, 0.717) is 13.1 Å². The molecule has 0 saturated carbocycles. The van der Waals surface area contributed by atoms with Crippen LogP contribution in [-0.4, -0.2) is 47.5 Å². The molecule has 4 heteroatoms. The monoisotopic (exact) mass is 250 g/mol. The number of benzene rings is 1. The summed E-state index contributed by atoms with van der Waals surface area (Å²) in [4.78, 5) is 2.21. The van der Waals surface area contributed by atoms with Gasteiger partial charge in [-0.2, -0.15) is 0 Å². The predicted octanol–water partition coefficient (Wildman–Crippen LogP) is 0.191. The van der Waals surface area contributed by atoms with Gasteiger partial charge in [0.2, 0.25) is 0 Å². The van der Waals surface area contributed by atoms with Gasteiger partial charge in [-0.15, -0.1) is 0 Å². The van der Waals surface area contributed by atoms with E-state index in [9.17, 15) is 10.2 Å². The molecule has 2 unspecified atom stereocenters. The summed E-state index contributed by atoms with van der Waals surface area (Å²) in [5.41, 5.74) is 6.44. The van der Waals surface area contributed by atoms with Gasteiger partial charge in [0.25, 0.3) is 0 Å². The molecule has 1 saturated heterocycles. The average molecular weight is 250 g/mol. The molecular weight excluding hydrogens is 228 g/mol. The van der Waals surface area contributed by atoms with Crippen molar-refractivity contribution in [2.45, 2.75) is 19.1 Å². The molecule has 100 valence electrons. The van der Waals surface area contributed by atoms with Crippen molar-refractivity contribution in [3.63, 3.8) is 0 Å². The van der Waals surface area contributed by atoms with Crippen molar-refractivity contribution in [2.24, 2.45) is 11.1 Å². The minimum absolute atomic E-state index is 0.0379. The van der Waals surface area contributed by atoms with Gasteiger partial charge in [-0.05, 0) is 18.5 Å².